The Hall–Kier alpha value is -5.16. The van der Waals surface area contributed by atoms with E-state index in [9.17, 15) is 9.59 Å². The first-order valence-corrected chi connectivity index (χ1v) is 13.3. The summed E-state index contributed by atoms with van der Waals surface area (Å²) in [6.07, 6.45) is 4.64. The second-order valence-electron chi connectivity index (χ2n) is 10.4. The molecule has 2 aromatic heterocycles. The monoisotopic (exact) mass is 545 g/mol. The van der Waals surface area contributed by atoms with Crippen LogP contribution >= 0.6 is 0 Å². The van der Waals surface area contributed by atoms with Crippen LogP contribution in [0.25, 0.3) is 0 Å². The first kappa shape index (κ1) is 27.4. The minimum absolute atomic E-state index is 0.150. The van der Waals surface area contributed by atoms with Crippen molar-refractivity contribution in [3.8, 4) is 11.8 Å². The number of hydrogen-bond acceptors (Lipinski definition) is 6. The molecule has 206 valence electrons. The summed E-state index contributed by atoms with van der Waals surface area (Å²) in [6.45, 7) is 7.08. The third kappa shape index (κ3) is 6.36. The number of anilines is 3. The molecule has 8 heteroatoms. The largest absolute Gasteiger partial charge is 0.444 e. The van der Waals surface area contributed by atoms with E-state index in [2.05, 4.69) is 46.3 Å². The predicted molar refractivity (Wildman–Crippen MR) is 160 cm³/mol. The molecule has 0 atom stereocenters. The Morgan fingerprint density at radius 1 is 1.00 bits per heavy atom. The zero-order chi connectivity index (χ0) is 28.8. The van der Waals surface area contributed by atoms with Gasteiger partial charge in [-0.3, -0.25) is 14.7 Å². The fourth-order valence-corrected chi connectivity index (χ4v) is 4.80. The van der Waals surface area contributed by atoms with Gasteiger partial charge in [-0.05, 0) is 72.1 Å². The molecule has 5 rings (SSSR count). The molecule has 1 aliphatic rings. The number of ether oxygens (including phenoxy) is 1. The molecule has 0 aliphatic carbocycles. The van der Waals surface area contributed by atoms with Gasteiger partial charge in [0.2, 0.25) is 0 Å². The predicted octanol–water partition coefficient (Wildman–Crippen LogP) is 6.15. The number of hydrogen-bond donors (Lipinski definition) is 2. The summed E-state index contributed by atoms with van der Waals surface area (Å²) in [5.41, 5.74) is 5.25. The molecule has 8 nitrogen and oxygen atoms in total. The molecule has 2 amide bonds. The first-order valence-electron chi connectivity index (χ1n) is 13.3. The zero-order valence-corrected chi connectivity index (χ0v) is 23.3. The van der Waals surface area contributed by atoms with E-state index in [1.54, 1.807) is 42.5 Å². The smallest absolute Gasteiger partial charge is 0.414 e. The second kappa shape index (κ2) is 11.9. The number of carbonyl (C=O) groups excluding carboxylic acids is 2. The molecule has 0 spiro atoms. The molecule has 2 N–H and O–H groups in total. The van der Waals surface area contributed by atoms with Crippen molar-refractivity contribution in [2.75, 3.05) is 22.1 Å². The van der Waals surface area contributed by atoms with Gasteiger partial charge in [0.1, 0.15) is 12.4 Å². The van der Waals surface area contributed by atoms with Crippen molar-refractivity contribution in [3.63, 3.8) is 0 Å². The minimum Gasteiger partial charge on any atom is -0.444 e. The van der Waals surface area contributed by atoms with Gasteiger partial charge in [0.15, 0.2) is 0 Å². The quantitative estimate of drug-likeness (QED) is 0.271. The van der Waals surface area contributed by atoms with E-state index >= 15 is 0 Å². The first-order chi connectivity index (χ1) is 19.8. The maximum Gasteiger partial charge on any atom is 0.414 e. The fraction of sp³-hybridized carbons (Fsp3) is 0.212. The summed E-state index contributed by atoms with van der Waals surface area (Å²) in [5.74, 6) is 6.04. The number of nitrogens with zero attached hydrogens (tertiary/aromatic N) is 3. The van der Waals surface area contributed by atoms with Crippen molar-refractivity contribution >= 4 is 29.2 Å². The maximum absolute atomic E-state index is 13.3. The number of fused-ring (bicyclic) bond motifs is 1. The zero-order valence-electron chi connectivity index (χ0n) is 23.3. The van der Waals surface area contributed by atoms with Gasteiger partial charge >= 0.3 is 6.09 Å². The summed E-state index contributed by atoms with van der Waals surface area (Å²) in [5, 5.41) is 6.20. The van der Waals surface area contributed by atoms with Crippen LogP contribution in [0.5, 0.6) is 0 Å². The van der Waals surface area contributed by atoms with Gasteiger partial charge in [-0.25, -0.2) is 9.78 Å². The molecule has 0 bridgehead atoms. The van der Waals surface area contributed by atoms with Gasteiger partial charge in [0.25, 0.3) is 5.91 Å². The molecule has 0 fully saturated rings. The summed E-state index contributed by atoms with van der Waals surface area (Å²) < 4.78 is 5.67. The van der Waals surface area contributed by atoms with Crippen molar-refractivity contribution in [2.24, 2.45) is 0 Å². The van der Waals surface area contributed by atoms with E-state index in [4.69, 9.17) is 4.74 Å². The normalized spacial score (nSPS) is 13.0. The van der Waals surface area contributed by atoms with Crippen LogP contribution in [-0.4, -0.2) is 28.5 Å². The summed E-state index contributed by atoms with van der Waals surface area (Å²) >= 11 is 0. The van der Waals surface area contributed by atoms with Crippen molar-refractivity contribution in [2.45, 2.75) is 39.3 Å². The standard InChI is InChI=1S/C33H31N5O3/c1-4-6-23-8-10-25(11-9-23)21-41-32(40)38-22-33(2,3)28-13-12-26(19-29(28)38)37-31(39)27-7-5-16-35-30(27)36-20-24-14-17-34-18-15-24/h5,7-19H,20-22H2,1-3H3,(H,35,36)(H,37,39). The van der Waals surface area contributed by atoms with Gasteiger partial charge in [-0.2, -0.15) is 0 Å². The Kier molecular flexibility index (Phi) is 7.97. The highest BCUT2D eigenvalue weighted by molar-refractivity contribution is 6.08. The number of nitrogens with one attached hydrogen (secondary N) is 2. The highest BCUT2D eigenvalue weighted by atomic mass is 16.6. The topological polar surface area (TPSA) is 96.5 Å². The molecule has 0 saturated carbocycles. The van der Waals surface area contributed by atoms with Gasteiger partial charge < -0.3 is 15.4 Å². The lowest BCUT2D eigenvalue weighted by Crippen LogP contribution is -2.34. The van der Waals surface area contributed by atoms with E-state index in [0.717, 1.165) is 22.3 Å². The van der Waals surface area contributed by atoms with E-state index in [1.165, 1.54) is 0 Å². The molecular formula is C33H31N5O3. The van der Waals surface area contributed by atoms with Crippen molar-refractivity contribution in [1.82, 2.24) is 9.97 Å². The van der Waals surface area contributed by atoms with Crippen LogP contribution < -0.4 is 15.5 Å². The lowest BCUT2D eigenvalue weighted by atomic mass is 9.87. The number of carbonyl (C=O) groups is 2. The average molecular weight is 546 g/mol. The lowest BCUT2D eigenvalue weighted by Gasteiger charge is -2.20. The fourth-order valence-electron chi connectivity index (χ4n) is 4.80. The van der Waals surface area contributed by atoms with Crippen LogP contribution in [0.4, 0.5) is 22.0 Å². The SMILES string of the molecule is CC#Cc1ccc(COC(=O)N2CC(C)(C)c3ccc(NC(=O)c4cccnc4NCc4ccncc4)cc32)cc1. The molecule has 0 saturated heterocycles. The summed E-state index contributed by atoms with van der Waals surface area (Å²) in [4.78, 5) is 36.5. The highest BCUT2D eigenvalue weighted by Crippen LogP contribution is 2.42. The van der Waals surface area contributed by atoms with Crippen LogP contribution in [0.3, 0.4) is 0 Å². The number of pyridine rings is 2. The molecule has 2 aromatic carbocycles. The summed E-state index contributed by atoms with van der Waals surface area (Å²) in [7, 11) is 0. The molecular weight excluding hydrogens is 514 g/mol. The van der Waals surface area contributed by atoms with E-state index in [0.29, 0.717) is 35.8 Å². The molecule has 0 radical (unpaired) electrons. The van der Waals surface area contributed by atoms with E-state index in [1.807, 2.05) is 54.6 Å². The van der Waals surface area contributed by atoms with Crippen LogP contribution in [-0.2, 0) is 23.3 Å². The maximum atomic E-state index is 13.3. The van der Waals surface area contributed by atoms with Crippen molar-refractivity contribution in [1.29, 1.82) is 0 Å². The number of aromatic nitrogens is 2. The Labute approximate surface area is 239 Å². The molecule has 41 heavy (non-hydrogen) atoms. The highest BCUT2D eigenvalue weighted by Gasteiger charge is 2.39. The minimum atomic E-state index is -0.437. The van der Waals surface area contributed by atoms with Crippen LogP contribution in [0, 0.1) is 11.8 Å². The van der Waals surface area contributed by atoms with Gasteiger partial charge in [-0.15, -0.1) is 5.92 Å². The molecule has 0 unspecified atom stereocenters. The second-order valence-corrected chi connectivity index (χ2v) is 10.4. The molecule has 3 heterocycles. The number of rotatable bonds is 7. The Morgan fingerprint density at radius 3 is 2.54 bits per heavy atom. The van der Waals surface area contributed by atoms with Gasteiger partial charge in [0, 0.05) is 48.3 Å². The summed E-state index contributed by atoms with van der Waals surface area (Å²) in [6, 6.07) is 20.5. The Morgan fingerprint density at radius 2 is 1.78 bits per heavy atom. The molecule has 1 aliphatic heterocycles. The van der Waals surface area contributed by atoms with E-state index in [-0.39, 0.29) is 17.9 Å². The van der Waals surface area contributed by atoms with Crippen molar-refractivity contribution in [3.05, 3.63) is 113 Å². The Balaban J connectivity index is 1.29. The van der Waals surface area contributed by atoms with Crippen LogP contribution in [0.15, 0.2) is 85.3 Å². The Bertz CT molecular complexity index is 1620. The number of amides is 2. The van der Waals surface area contributed by atoms with Crippen LogP contribution in [0.1, 0.15) is 53.4 Å². The van der Waals surface area contributed by atoms with Crippen molar-refractivity contribution < 1.29 is 14.3 Å². The third-order valence-corrected chi connectivity index (χ3v) is 6.90. The van der Waals surface area contributed by atoms with Gasteiger partial charge in [0.05, 0.1) is 11.3 Å². The van der Waals surface area contributed by atoms with Crippen LogP contribution in [0.2, 0.25) is 0 Å². The van der Waals surface area contributed by atoms with E-state index < -0.39 is 6.09 Å². The van der Waals surface area contributed by atoms with Gasteiger partial charge in [-0.1, -0.05) is 38.0 Å². The average Bonchev–Trinajstić information content (AvgIpc) is 3.26. The number of benzene rings is 2. The molecule has 4 aromatic rings. The third-order valence-electron chi connectivity index (χ3n) is 6.90. The lowest BCUT2D eigenvalue weighted by molar-refractivity contribution is 0.102.